The summed E-state index contributed by atoms with van der Waals surface area (Å²) in [5.74, 6) is 0.519. The number of nitrogens with zero attached hydrogens (tertiary/aromatic N) is 1. The molecule has 1 heterocycles. The van der Waals surface area contributed by atoms with Crippen LogP contribution in [0.4, 0.5) is 0 Å². The van der Waals surface area contributed by atoms with Gasteiger partial charge in [0.05, 0.1) is 12.5 Å². The van der Waals surface area contributed by atoms with E-state index in [1.165, 1.54) is 7.05 Å². The number of carbonyl (C=O) groups is 1. The van der Waals surface area contributed by atoms with E-state index in [4.69, 9.17) is 4.42 Å². The summed E-state index contributed by atoms with van der Waals surface area (Å²) in [4.78, 5) is 12.6. The van der Waals surface area contributed by atoms with Gasteiger partial charge in [0, 0.05) is 20.0 Å². The first kappa shape index (κ1) is 18.2. The summed E-state index contributed by atoms with van der Waals surface area (Å²) in [6.45, 7) is 0.445. The third kappa shape index (κ3) is 4.94. The first-order valence-corrected chi connectivity index (χ1v) is 9.52. The summed E-state index contributed by atoms with van der Waals surface area (Å²) in [6, 6.07) is 11.7. The second-order valence-electron chi connectivity index (χ2n) is 5.57. The number of carbonyl (C=O) groups excluding carboxylic acids is 1. The number of benzene rings is 1. The molecule has 6 nitrogen and oxygen atoms in total. The van der Waals surface area contributed by atoms with Gasteiger partial charge in [-0.1, -0.05) is 30.3 Å². The number of sulfonamides is 1. The second-order valence-corrected chi connectivity index (χ2v) is 7.61. The molecule has 0 fully saturated rings. The summed E-state index contributed by atoms with van der Waals surface area (Å²) in [6.07, 6.45) is 4.13. The van der Waals surface area contributed by atoms with Gasteiger partial charge in [0.15, 0.2) is 0 Å². The molecule has 0 aliphatic carbocycles. The average Bonchev–Trinajstić information content (AvgIpc) is 3.05. The number of aryl methyl sites for hydroxylation is 1. The van der Waals surface area contributed by atoms with E-state index in [1.54, 1.807) is 30.5 Å². The van der Waals surface area contributed by atoms with Crippen molar-refractivity contribution in [2.75, 3.05) is 19.8 Å². The summed E-state index contributed by atoms with van der Waals surface area (Å²) in [5.41, 5.74) is 0.633. The van der Waals surface area contributed by atoms with Crippen molar-refractivity contribution in [3.63, 3.8) is 0 Å². The zero-order chi connectivity index (χ0) is 17.6. The van der Waals surface area contributed by atoms with Crippen molar-refractivity contribution < 1.29 is 17.6 Å². The highest BCUT2D eigenvalue weighted by Crippen LogP contribution is 2.21. The molecule has 7 heteroatoms. The number of rotatable bonds is 8. The van der Waals surface area contributed by atoms with Gasteiger partial charge in [0.2, 0.25) is 15.9 Å². The molecule has 1 atom stereocenters. The molecule has 1 aromatic heterocycles. The van der Waals surface area contributed by atoms with Crippen molar-refractivity contribution in [2.45, 2.75) is 18.9 Å². The van der Waals surface area contributed by atoms with Gasteiger partial charge >= 0.3 is 0 Å². The number of amides is 1. The molecule has 130 valence electrons. The Morgan fingerprint density at radius 1 is 1.21 bits per heavy atom. The predicted molar refractivity (Wildman–Crippen MR) is 91.8 cm³/mol. The highest BCUT2D eigenvalue weighted by atomic mass is 32.2. The Morgan fingerprint density at radius 3 is 2.50 bits per heavy atom. The quantitative estimate of drug-likeness (QED) is 0.738. The molecule has 1 N–H and O–H groups in total. The molecule has 2 aromatic rings. The molecular formula is C17H22N2O4S. The van der Waals surface area contributed by atoms with Crippen LogP contribution in [0.3, 0.4) is 0 Å². The second kappa shape index (κ2) is 8.12. The van der Waals surface area contributed by atoms with Crippen LogP contribution < -0.4 is 5.32 Å². The van der Waals surface area contributed by atoms with Crippen LogP contribution in [0.25, 0.3) is 0 Å². The maximum Gasteiger partial charge on any atom is 0.242 e. The molecular weight excluding hydrogens is 328 g/mol. The fraction of sp³-hybridized carbons (Fsp3) is 0.353. The molecule has 2 rings (SSSR count). The molecule has 1 amide bonds. The van der Waals surface area contributed by atoms with E-state index >= 15 is 0 Å². The van der Waals surface area contributed by atoms with Crippen molar-refractivity contribution in [1.29, 1.82) is 0 Å². The van der Waals surface area contributed by atoms with Crippen molar-refractivity contribution in [1.82, 2.24) is 9.62 Å². The van der Waals surface area contributed by atoms with E-state index < -0.39 is 16.1 Å². The van der Waals surface area contributed by atoms with Gasteiger partial charge in [-0.2, -0.15) is 4.31 Å². The molecule has 0 spiro atoms. The Morgan fingerprint density at radius 2 is 1.92 bits per heavy atom. The zero-order valence-electron chi connectivity index (χ0n) is 13.8. The van der Waals surface area contributed by atoms with Crippen LogP contribution in [0.2, 0.25) is 0 Å². The highest BCUT2D eigenvalue weighted by Gasteiger charge is 2.30. The fourth-order valence-corrected chi connectivity index (χ4v) is 2.98. The maximum absolute atomic E-state index is 12.6. The van der Waals surface area contributed by atoms with Crippen LogP contribution in [0.1, 0.15) is 23.8 Å². The number of likely N-dealkylation sites (N-methyl/N-ethyl adjacent to an activating group) is 1. The van der Waals surface area contributed by atoms with Crippen molar-refractivity contribution in [3.05, 3.63) is 60.1 Å². The Kier molecular flexibility index (Phi) is 6.16. The number of furan rings is 1. The van der Waals surface area contributed by atoms with E-state index in [1.807, 2.05) is 18.2 Å². The Labute approximate surface area is 142 Å². The maximum atomic E-state index is 12.6. The lowest BCUT2D eigenvalue weighted by atomic mass is 10.1. The largest absolute Gasteiger partial charge is 0.469 e. The number of hydrogen-bond acceptors (Lipinski definition) is 4. The zero-order valence-corrected chi connectivity index (χ0v) is 14.6. The predicted octanol–water partition coefficient (Wildman–Crippen LogP) is 1.96. The molecule has 0 radical (unpaired) electrons. The van der Waals surface area contributed by atoms with E-state index in [0.29, 0.717) is 24.9 Å². The van der Waals surface area contributed by atoms with Crippen LogP contribution in [-0.2, 0) is 21.2 Å². The van der Waals surface area contributed by atoms with Crippen molar-refractivity contribution in [3.8, 4) is 0 Å². The van der Waals surface area contributed by atoms with Crippen molar-refractivity contribution >= 4 is 15.9 Å². The standard InChI is InChI=1S/C17H22N2O4S/c1-19(24(2,21)22)16(14-8-4-3-5-9-14)17(20)18-12-6-10-15-11-7-13-23-15/h3-5,7-9,11,13,16H,6,10,12H2,1-2H3,(H,18,20). The van der Waals surface area contributed by atoms with Gasteiger partial charge in [-0.15, -0.1) is 0 Å². The molecule has 0 bridgehead atoms. The summed E-state index contributed by atoms with van der Waals surface area (Å²) in [5, 5.41) is 2.81. The molecule has 0 saturated carbocycles. The van der Waals surface area contributed by atoms with Gasteiger partial charge in [-0.25, -0.2) is 8.42 Å². The minimum atomic E-state index is -3.50. The molecule has 1 aromatic carbocycles. The number of hydrogen-bond donors (Lipinski definition) is 1. The molecule has 0 aliphatic heterocycles. The summed E-state index contributed by atoms with van der Waals surface area (Å²) >= 11 is 0. The first-order valence-electron chi connectivity index (χ1n) is 7.67. The minimum Gasteiger partial charge on any atom is -0.469 e. The normalized spacial score (nSPS) is 13.0. The van der Waals surface area contributed by atoms with Crippen molar-refractivity contribution in [2.24, 2.45) is 0 Å². The summed E-state index contributed by atoms with van der Waals surface area (Å²) < 4.78 is 30.1. The van der Waals surface area contributed by atoms with Gasteiger partial charge in [0.25, 0.3) is 0 Å². The Balaban J connectivity index is 2.02. The average molecular weight is 350 g/mol. The first-order chi connectivity index (χ1) is 11.4. The van der Waals surface area contributed by atoms with Gasteiger partial charge in [-0.05, 0) is 24.1 Å². The third-order valence-electron chi connectivity index (χ3n) is 3.73. The lowest BCUT2D eigenvalue weighted by Crippen LogP contribution is -2.41. The minimum absolute atomic E-state index is 0.339. The monoisotopic (exact) mass is 350 g/mol. The SMILES string of the molecule is CN(C(C(=O)NCCCc1ccco1)c1ccccc1)S(C)(=O)=O. The van der Waals surface area contributed by atoms with Crippen LogP contribution in [0.5, 0.6) is 0 Å². The third-order valence-corrected chi connectivity index (χ3v) is 4.99. The molecule has 1 unspecified atom stereocenters. The van der Waals surface area contributed by atoms with Crippen LogP contribution in [0.15, 0.2) is 53.1 Å². The smallest absolute Gasteiger partial charge is 0.242 e. The van der Waals surface area contributed by atoms with E-state index in [2.05, 4.69) is 5.32 Å². The van der Waals surface area contributed by atoms with Gasteiger partial charge < -0.3 is 9.73 Å². The van der Waals surface area contributed by atoms with Gasteiger partial charge in [-0.3, -0.25) is 4.79 Å². The van der Waals surface area contributed by atoms with Gasteiger partial charge in [0.1, 0.15) is 11.8 Å². The topological polar surface area (TPSA) is 79.6 Å². The van der Waals surface area contributed by atoms with Crippen LogP contribution in [-0.4, -0.2) is 38.5 Å². The van der Waals surface area contributed by atoms with Crippen LogP contribution in [0, 0.1) is 0 Å². The fourth-order valence-electron chi connectivity index (χ4n) is 2.38. The Bertz CT molecular complexity index is 742. The molecule has 24 heavy (non-hydrogen) atoms. The van der Waals surface area contributed by atoms with E-state index in [9.17, 15) is 13.2 Å². The Hall–Kier alpha value is -2.12. The van der Waals surface area contributed by atoms with Crippen LogP contribution >= 0.6 is 0 Å². The van der Waals surface area contributed by atoms with E-state index in [-0.39, 0.29) is 5.91 Å². The van der Waals surface area contributed by atoms with E-state index in [0.717, 1.165) is 16.3 Å². The molecule has 0 saturated heterocycles. The summed E-state index contributed by atoms with van der Waals surface area (Å²) in [7, 11) is -2.09. The lowest BCUT2D eigenvalue weighted by molar-refractivity contribution is -0.124. The highest BCUT2D eigenvalue weighted by molar-refractivity contribution is 7.88. The number of nitrogens with one attached hydrogen (secondary N) is 1. The molecule has 0 aliphatic rings. The lowest BCUT2D eigenvalue weighted by Gasteiger charge is -2.25.